The zero-order valence-corrected chi connectivity index (χ0v) is 8.56. The monoisotopic (exact) mass is 207 g/mol. The van der Waals surface area contributed by atoms with Crippen LogP contribution in [0.15, 0.2) is 12.3 Å². The van der Waals surface area contributed by atoms with Crippen molar-refractivity contribution in [3.8, 4) is 5.88 Å². The molecule has 1 aliphatic carbocycles. The molecule has 15 heavy (non-hydrogen) atoms. The number of pyridine rings is 1. The minimum absolute atomic E-state index is 0.168. The van der Waals surface area contributed by atoms with Crippen molar-refractivity contribution >= 4 is 5.97 Å². The van der Waals surface area contributed by atoms with Gasteiger partial charge in [0.05, 0.1) is 6.61 Å². The van der Waals surface area contributed by atoms with E-state index in [4.69, 9.17) is 9.84 Å². The summed E-state index contributed by atoms with van der Waals surface area (Å²) in [5.41, 5.74) is 1.18. The van der Waals surface area contributed by atoms with Crippen molar-refractivity contribution in [3.63, 3.8) is 0 Å². The van der Waals surface area contributed by atoms with E-state index in [2.05, 4.69) is 4.98 Å². The summed E-state index contributed by atoms with van der Waals surface area (Å²) in [6.45, 7) is 2.23. The summed E-state index contributed by atoms with van der Waals surface area (Å²) in [4.78, 5) is 15.0. The Hall–Kier alpha value is -1.58. The van der Waals surface area contributed by atoms with E-state index in [0.29, 0.717) is 12.5 Å². The fourth-order valence-corrected chi connectivity index (χ4v) is 1.51. The summed E-state index contributed by atoms with van der Waals surface area (Å²) < 4.78 is 5.16. The summed E-state index contributed by atoms with van der Waals surface area (Å²) >= 11 is 0. The number of hydrogen-bond donors (Lipinski definition) is 1. The number of ether oxygens (including phenoxy) is 1. The number of aromatic nitrogens is 1. The Balaban J connectivity index is 2.34. The third kappa shape index (κ3) is 2.09. The summed E-state index contributed by atoms with van der Waals surface area (Å²) in [6, 6.07) is 1.68. The normalized spacial score (nSPS) is 15.0. The number of carboxylic acid groups (broad SMARTS) is 1. The van der Waals surface area contributed by atoms with Gasteiger partial charge in [-0.2, -0.15) is 0 Å². The van der Waals surface area contributed by atoms with Gasteiger partial charge in [-0.15, -0.1) is 0 Å². The third-order valence-electron chi connectivity index (χ3n) is 2.43. The van der Waals surface area contributed by atoms with E-state index in [1.54, 1.807) is 12.3 Å². The van der Waals surface area contributed by atoms with E-state index in [0.717, 1.165) is 18.4 Å². The van der Waals surface area contributed by atoms with Crippen molar-refractivity contribution in [3.05, 3.63) is 23.4 Å². The van der Waals surface area contributed by atoms with E-state index in [-0.39, 0.29) is 11.4 Å². The molecule has 1 aromatic heterocycles. The maximum atomic E-state index is 11.0. The van der Waals surface area contributed by atoms with Gasteiger partial charge in [-0.3, -0.25) is 0 Å². The Bertz CT molecular complexity index is 385. The standard InChI is InChI=1S/C11H13NO3/c1-2-15-10-9(11(13)14)5-8(6-12-10)7-3-4-7/h5-7H,2-4H2,1H3,(H,13,14). The van der Waals surface area contributed by atoms with E-state index >= 15 is 0 Å². The van der Waals surface area contributed by atoms with Gasteiger partial charge in [-0.1, -0.05) is 0 Å². The maximum Gasteiger partial charge on any atom is 0.341 e. The second-order valence-corrected chi connectivity index (χ2v) is 3.63. The highest BCUT2D eigenvalue weighted by Gasteiger charge is 2.26. The van der Waals surface area contributed by atoms with Crippen molar-refractivity contribution in [1.29, 1.82) is 0 Å². The highest BCUT2D eigenvalue weighted by Crippen LogP contribution is 2.40. The molecule has 0 saturated heterocycles. The number of hydrogen-bond acceptors (Lipinski definition) is 3. The van der Waals surface area contributed by atoms with Crippen molar-refractivity contribution in [2.75, 3.05) is 6.61 Å². The Labute approximate surface area is 87.9 Å². The van der Waals surface area contributed by atoms with Gasteiger partial charge in [-0.25, -0.2) is 9.78 Å². The van der Waals surface area contributed by atoms with Gasteiger partial charge in [0.25, 0.3) is 0 Å². The van der Waals surface area contributed by atoms with Crippen LogP contribution in [0.4, 0.5) is 0 Å². The van der Waals surface area contributed by atoms with Crippen molar-refractivity contribution in [2.24, 2.45) is 0 Å². The Kier molecular flexibility index (Phi) is 2.58. The van der Waals surface area contributed by atoms with Crippen LogP contribution >= 0.6 is 0 Å². The summed E-state index contributed by atoms with van der Waals surface area (Å²) in [6.07, 6.45) is 3.98. The second-order valence-electron chi connectivity index (χ2n) is 3.63. The molecule has 0 aliphatic heterocycles. The third-order valence-corrected chi connectivity index (χ3v) is 2.43. The molecule has 80 valence electrons. The molecule has 2 rings (SSSR count). The van der Waals surface area contributed by atoms with E-state index < -0.39 is 5.97 Å². The largest absolute Gasteiger partial charge is 0.477 e. The van der Waals surface area contributed by atoms with Crippen LogP contribution in [0.2, 0.25) is 0 Å². The van der Waals surface area contributed by atoms with Crippen LogP contribution in [0.25, 0.3) is 0 Å². The van der Waals surface area contributed by atoms with E-state index in [1.165, 1.54) is 0 Å². The van der Waals surface area contributed by atoms with Crippen LogP contribution in [0.1, 0.15) is 41.6 Å². The van der Waals surface area contributed by atoms with E-state index in [9.17, 15) is 4.79 Å². The maximum absolute atomic E-state index is 11.0. The molecule has 1 aliphatic rings. The minimum atomic E-state index is -0.978. The quantitative estimate of drug-likeness (QED) is 0.820. The van der Waals surface area contributed by atoms with Crippen molar-refractivity contribution in [1.82, 2.24) is 4.98 Å². The highest BCUT2D eigenvalue weighted by atomic mass is 16.5. The lowest BCUT2D eigenvalue weighted by molar-refractivity contribution is 0.0691. The second kappa shape index (κ2) is 3.88. The van der Waals surface area contributed by atoms with Gasteiger partial charge in [0.15, 0.2) is 0 Å². The predicted molar refractivity (Wildman–Crippen MR) is 54.3 cm³/mol. The highest BCUT2D eigenvalue weighted by molar-refractivity contribution is 5.90. The zero-order chi connectivity index (χ0) is 10.8. The molecular formula is C11H13NO3. The molecule has 0 unspecified atom stereocenters. The molecule has 1 heterocycles. The summed E-state index contributed by atoms with van der Waals surface area (Å²) in [5, 5.41) is 9.00. The zero-order valence-electron chi connectivity index (χ0n) is 8.56. The van der Waals surface area contributed by atoms with Crippen LogP contribution < -0.4 is 4.74 Å². The molecule has 0 amide bonds. The molecule has 1 saturated carbocycles. The Morgan fingerprint density at radius 2 is 2.40 bits per heavy atom. The first-order valence-electron chi connectivity index (χ1n) is 5.08. The summed E-state index contributed by atoms with van der Waals surface area (Å²) in [7, 11) is 0. The SMILES string of the molecule is CCOc1ncc(C2CC2)cc1C(=O)O. The first-order valence-corrected chi connectivity index (χ1v) is 5.08. The topological polar surface area (TPSA) is 59.4 Å². The number of carbonyl (C=O) groups is 1. The van der Waals surface area contributed by atoms with Gasteiger partial charge >= 0.3 is 5.97 Å². The Morgan fingerprint density at radius 3 is 2.93 bits per heavy atom. The van der Waals surface area contributed by atoms with E-state index in [1.807, 2.05) is 6.92 Å². The van der Waals surface area contributed by atoms with Crippen molar-refractivity contribution < 1.29 is 14.6 Å². The molecule has 0 bridgehead atoms. The molecule has 1 N–H and O–H groups in total. The molecule has 0 atom stereocenters. The molecule has 0 spiro atoms. The molecule has 0 aromatic carbocycles. The fourth-order valence-electron chi connectivity index (χ4n) is 1.51. The molecule has 4 heteroatoms. The lowest BCUT2D eigenvalue weighted by atomic mass is 10.1. The number of nitrogens with zero attached hydrogens (tertiary/aromatic N) is 1. The predicted octanol–water partition coefficient (Wildman–Crippen LogP) is 2.06. The number of rotatable bonds is 4. The molecular weight excluding hydrogens is 194 g/mol. The smallest absolute Gasteiger partial charge is 0.341 e. The van der Waals surface area contributed by atoms with Crippen molar-refractivity contribution in [2.45, 2.75) is 25.7 Å². The lowest BCUT2D eigenvalue weighted by Gasteiger charge is -2.07. The van der Waals surface area contributed by atoms with Gasteiger partial charge in [0.1, 0.15) is 5.56 Å². The fraction of sp³-hybridized carbons (Fsp3) is 0.455. The molecule has 0 radical (unpaired) electrons. The first kappa shape index (κ1) is 9.96. The van der Waals surface area contributed by atoms with Crippen LogP contribution in [0.5, 0.6) is 5.88 Å². The summed E-state index contributed by atoms with van der Waals surface area (Å²) in [5.74, 6) is -0.255. The number of aromatic carboxylic acids is 1. The molecule has 1 fully saturated rings. The Morgan fingerprint density at radius 1 is 1.67 bits per heavy atom. The van der Waals surface area contributed by atoms with Crippen LogP contribution in [-0.4, -0.2) is 22.7 Å². The van der Waals surface area contributed by atoms with Gasteiger partial charge in [0, 0.05) is 6.20 Å². The average Bonchev–Trinajstić information content (AvgIpc) is 3.02. The number of carboxylic acids is 1. The molecule has 1 aromatic rings. The van der Waals surface area contributed by atoms with Gasteiger partial charge in [-0.05, 0) is 37.3 Å². The first-order chi connectivity index (χ1) is 7.22. The van der Waals surface area contributed by atoms with Crippen LogP contribution in [0.3, 0.4) is 0 Å². The van der Waals surface area contributed by atoms with Gasteiger partial charge in [0.2, 0.25) is 5.88 Å². The van der Waals surface area contributed by atoms with Crippen LogP contribution in [0, 0.1) is 0 Å². The minimum Gasteiger partial charge on any atom is -0.477 e. The average molecular weight is 207 g/mol. The lowest BCUT2D eigenvalue weighted by Crippen LogP contribution is -2.05. The van der Waals surface area contributed by atoms with Gasteiger partial charge < -0.3 is 9.84 Å². The van der Waals surface area contributed by atoms with Crippen LogP contribution in [-0.2, 0) is 0 Å². The molecule has 4 nitrogen and oxygen atoms in total.